The summed E-state index contributed by atoms with van der Waals surface area (Å²) in [4.78, 5) is 12.0. The van der Waals surface area contributed by atoms with Crippen molar-refractivity contribution >= 4 is 5.78 Å². The highest BCUT2D eigenvalue weighted by Gasteiger charge is 2.33. The second-order valence-electron chi connectivity index (χ2n) is 4.23. The summed E-state index contributed by atoms with van der Waals surface area (Å²) in [5, 5.41) is 0. The molecule has 0 spiro atoms. The zero-order chi connectivity index (χ0) is 12.6. The predicted molar refractivity (Wildman–Crippen MR) is 57.7 cm³/mol. The molecule has 5 heteroatoms. The second kappa shape index (κ2) is 4.50. The summed E-state index contributed by atoms with van der Waals surface area (Å²) >= 11 is 0. The molecule has 2 N–H and O–H groups in total. The van der Waals surface area contributed by atoms with Gasteiger partial charge in [0.1, 0.15) is 0 Å². The van der Waals surface area contributed by atoms with E-state index in [1.54, 1.807) is 0 Å². The quantitative estimate of drug-likeness (QED) is 0.797. The van der Waals surface area contributed by atoms with Gasteiger partial charge in [-0.1, -0.05) is 6.07 Å². The molecule has 2 rings (SSSR count). The first-order valence-corrected chi connectivity index (χ1v) is 5.34. The van der Waals surface area contributed by atoms with Gasteiger partial charge in [0.05, 0.1) is 24.7 Å². The molecule has 0 bridgehead atoms. The van der Waals surface area contributed by atoms with Gasteiger partial charge in [-0.3, -0.25) is 4.79 Å². The average molecular weight is 241 g/mol. The zero-order valence-electron chi connectivity index (χ0n) is 9.37. The van der Waals surface area contributed by atoms with E-state index in [-0.39, 0.29) is 24.3 Å². The maximum absolute atomic E-state index is 13.6. The molecule has 1 aliphatic heterocycles. The minimum absolute atomic E-state index is 0.162. The highest BCUT2D eigenvalue weighted by Crippen LogP contribution is 2.22. The number of carbonyl (C=O) groups excluding carboxylic acids is 1. The van der Waals surface area contributed by atoms with Crippen molar-refractivity contribution in [1.82, 2.24) is 0 Å². The number of hydrogen-bond donors (Lipinski definition) is 1. The maximum Gasteiger partial charge on any atom is 0.172 e. The lowest BCUT2D eigenvalue weighted by atomic mass is 9.93. The van der Waals surface area contributed by atoms with Crippen LogP contribution in [-0.4, -0.2) is 25.0 Å². The number of halogens is 2. The molecular weight excluding hydrogens is 228 g/mol. The van der Waals surface area contributed by atoms with Crippen LogP contribution < -0.4 is 5.73 Å². The molecule has 1 aromatic carbocycles. The summed E-state index contributed by atoms with van der Waals surface area (Å²) < 4.78 is 32.0. The summed E-state index contributed by atoms with van der Waals surface area (Å²) in [6.45, 7) is 1.87. The largest absolute Gasteiger partial charge is 0.379 e. The summed E-state index contributed by atoms with van der Waals surface area (Å²) in [7, 11) is 0. The number of aryl methyl sites for hydroxylation is 1. The van der Waals surface area contributed by atoms with E-state index >= 15 is 0 Å². The van der Waals surface area contributed by atoms with Gasteiger partial charge >= 0.3 is 0 Å². The van der Waals surface area contributed by atoms with Gasteiger partial charge in [-0.25, -0.2) is 8.78 Å². The molecule has 0 amide bonds. The van der Waals surface area contributed by atoms with Crippen molar-refractivity contribution in [2.24, 2.45) is 11.7 Å². The Morgan fingerprint density at radius 3 is 2.65 bits per heavy atom. The van der Waals surface area contributed by atoms with Crippen molar-refractivity contribution in [3.63, 3.8) is 0 Å². The Bertz CT molecular complexity index is 462. The molecule has 1 aromatic rings. The van der Waals surface area contributed by atoms with Crippen LogP contribution in [0.2, 0.25) is 0 Å². The Morgan fingerprint density at radius 1 is 1.35 bits per heavy atom. The molecule has 0 aliphatic carbocycles. The summed E-state index contributed by atoms with van der Waals surface area (Å²) in [5.41, 5.74) is 5.59. The Morgan fingerprint density at radius 2 is 2.06 bits per heavy atom. The smallest absolute Gasteiger partial charge is 0.172 e. The van der Waals surface area contributed by atoms with Gasteiger partial charge < -0.3 is 10.5 Å². The fourth-order valence-electron chi connectivity index (χ4n) is 1.88. The van der Waals surface area contributed by atoms with E-state index in [0.29, 0.717) is 0 Å². The third-order valence-corrected chi connectivity index (χ3v) is 3.00. The molecular formula is C12H13F2NO2. The fourth-order valence-corrected chi connectivity index (χ4v) is 1.88. The second-order valence-corrected chi connectivity index (χ2v) is 4.23. The number of rotatable bonds is 2. The third kappa shape index (κ3) is 2.08. The third-order valence-electron chi connectivity index (χ3n) is 3.00. The van der Waals surface area contributed by atoms with Gasteiger partial charge in [-0.15, -0.1) is 0 Å². The number of hydrogen-bond acceptors (Lipinski definition) is 3. The van der Waals surface area contributed by atoms with Gasteiger partial charge in [-0.2, -0.15) is 0 Å². The topological polar surface area (TPSA) is 52.3 Å². The van der Waals surface area contributed by atoms with Crippen LogP contribution in [0.15, 0.2) is 12.1 Å². The van der Waals surface area contributed by atoms with Gasteiger partial charge in [0.2, 0.25) is 0 Å². The van der Waals surface area contributed by atoms with Crippen molar-refractivity contribution in [3.05, 3.63) is 34.9 Å². The molecule has 1 heterocycles. The first-order chi connectivity index (χ1) is 8.02. The minimum Gasteiger partial charge on any atom is -0.379 e. The normalized spacial score (nSPS) is 24.0. The number of ether oxygens (including phenoxy) is 1. The molecule has 1 saturated heterocycles. The maximum atomic E-state index is 13.6. The lowest BCUT2D eigenvalue weighted by Crippen LogP contribution is -2.34. The van der Waals surface area contributed by atoms with E-state index in [0.717, 1.165) is 0 Å². The van der Waals surface area contributed by atoms with E-state index < -0.39 is 29.4 Å². The number of ketones is 1. The monoisotopic (exact) mass is 241 g/mol. The van der Waals surface area contributed by atoms with Gasteiger partial charge in [-0.05, 0) is 18.6 Å². The van der Waals surface area contributed by atoms with Gasteiger partial charge in [0.25, 0.3) is 0 Å². The zero-order valence-corrected chi connectivity index (χ0v) is 9.37. The van der Waals surface area contributed by atoms with E-state index in [4.69, 9.17) is 10.5 Å². The molecule has 0 aromatic heterocycles. The number of carbonyl (C=O) groups is 1. The lowest BCUT2D eigenvalue weighted by molar-refractivity contribution is 0.0891. The van der Waals surface area contributed by atoms with Crippen LogP contribution in [0, 0.1) is 24.5 Å². The van der Waals surface area contributed by atoms with E-state index in [2.05, 4.69) is 0 Å². The van der Waals surface area contributed by atoms with Crippen molar-refractivity contribution in [2.75, 3.05) is 13.2 Å². The molecule has 0 saturated carbocycles. The lowest BCUT2D eigenvalue weighted by Gasteiger charge is -2.13. The first-order valence-electron chi connectivity index (χ1n) is 5.34. The fraction of sp³-hybridized carbons (Fsp3) is 0.417. The predicted octanol–water partition coefficient (Wildman–Crippen LogP) is 1.43. The summed E-state index contributed by atoms with van der Waals surface area (Å²) in [5.74, 6) is -3.17. The van der Waals surface area contributed by atoms with Crippen molar-refractivity contribution in [3.8, 4) is 0 Å². The highest BCUT2D eigenvalue weighted by atomic mass is 19.2. The van der Waals surface area contributed by atoms with Gasteiger partial charge in [0.15, 0.2) is 17.4 Å². The molecule has 17 heavy (non-hydrogen) atoms. The number of Topliss-reactive ketones (excluding diaryl/α,β-unsaturated/α-hetero) is 1. The van der Waals surface area contributed by atoms with Crippen LogP contribution >= 0.6 is 0 Å². The van der Waals surface area contributed by atoms with Crippen LogP contribution in [0.5, 0.6) is 0 Å². The Balaban J connectivity index is 2.34. The van der Waals surface area contributed by atoms with Crippen molar-refractivity contribution in [1.29, 1.82) is 0 Å². The Labute approximate surface area is 97.6 Å². The molecule has 1 fully saturated rings. The standard InChI is InChI=1S/C12H13F2NO2/c1-6-2-3-7(11(14)10(6)13)12(16)8-4-17-5-9(8)15/h2-3,8-9H,4-5,15H2,1H3. The molecule has 3 nitrogen and oxygen atoms in total. The SMILES string of the molecule is Cc1ccc(C(=O)C2COCC2N)c(F)c1F. The first kappa shape index (κ1) is 12.1. The molecule has 2 unspecified atom stereocenters. The van der Waals surface area contributed by atoms with Crippen LogP contribution in [0.3, 0.4) is 0 Å². The molecule has 0 radical (unpaired) electrons. The van der Waals surface area contributed by atoms with Crippen LogP contribution in [0.4, 0.5) is 8.78 Å². The van der Waals surface area contributed by atoms with E-state index in [1.807, 2.05) is 0 Å². The van der Waals surface area contributed by atoms with E-state index in [1.165, 1.54) is 19.1 Å². The van der Waals surface area contributed by atoms with Crippen molar-refractivity contribution in [2.45, 2.75) is 13.0 Å². The van der Waals surface area contributed by atoms with Gasteiger partial charge in [0, 0.05) is 6.04 Å². The highest BCUT2D eigenvalue weighted by molar-refractivity contribution is 5.98. The summed E-state index contributed by atoms with van der Waals surface area (Å²) in [6.07, 6.45) is 0. The minimum atomic E-state index is -1.10. The molecule has 2 atom stereocenters. The Hall–Kier alpha value is -1.33. The number of nitrogens with two attached hydrogens (primary N) is 1. The Kier molecular flexibility index (Phi) is 3.22. The van der Waals surface area contributed by atoms with Crippen molar-refractivity contribution < 1.29 is 18.3 Å². The van der Waals surface area contributed by atoms with Crippen LogP contribution in [0.1, 0.15) is 15.9 Å². The van der Waals surface area contributed by atoms with E-state index in [9.17, 15) is 13.6 Å². The average Bonchev–Trinajstić information content (AvgIpc) is 2.72. The molecule has 1 aliphatic rings. The van der Waals surface area contributed by atoms with Crippen LogP contribution in [0.25, 0.3) is 0 Å². The molecule has 92 valence electrons. The number of benzene rings is 1. The van der Waals surface area contributed by atoms with Crippen LogP contribution in [-0.2, 0) is 4.74 Å². The summed E-state index contributed by atoms with van der Waals surface area (Å²) in [6, 6.07) is 2.22.